The van der Waals surface area contributed by atoms with E-state index >= 15 is 0 Å². The van der Waals surface area contributed by atoms with Gasteiger partial charge < -0.3 is 24.8 Å². The van der Waals surface area contributed by atoms with Gasteiger partial charge in [-0.25, -0.2) is 9.59 Å². The van der Waals surface area contributed by atoms with Gasteiger partial charge in [-0.2, -0.15) is 0 Å². The second-order valence-electron chi connectivity index (χ2n) is 10.3. The summed E-state index contributed by atoms with van der Waals surface area (Å²) in [5.74, 6) is -1.73. The second-order valence-corrected chi connectivity index (χ2v) is 10.3. The van der Waals surface area contributed by atoms with Gasteiger partial charge in [0.05, 0.1) is 6.61 Å². The minimum Gasteiger partial charge on any atom is -0.479 e. The molecule has 1 unspecified atom stereocenters. The number of nitrogens with zero attached hydrogens (tertiary/aromatic N) is 1. The number of nitrogens with one attached hydrogen (secondary N) is 1. The molecule has 0 saturated carbocycles. The van der Waals surface area contributed by atoms with Gasteiger partial charge in [0.1, 0.15) is 12.6 Å². The molecule has 1 saturated heterocycles. The van der Waals surface area contributed by atoms with E-state index in [9.17, 15) is 19.5 Å². The van der Waals surface area contributed by atoms with Gasteiger partial charge in [-0.3, -0.25) is 4.79 Å². The molecule has 8 nitrogen and oxygen atoms in total. The Balaban J connectivity index is 1.49. The Morgan fingerprint density at radius 3 is 2.17 bits per heavy atom. The number of hydrogen-bond acceptors (Lipinski definition) is 5. The molecule has 2 aromatic rings. The SMILES string of the molecule is CN(C(=O)[C@@H](NC(=O)OCC1c2ccccc2-c2ccccc21)C(C)(C)C)C1(C(=O)O)CCOC1. The second kappa shape index (κ2) is 9.34. The number of fused-ring (bicyclic) bond motifs is 3. The molecular formula is C27H32N2O6. The fraction of sp³-hybridized carbons (Fsp3) is 0.444. The van der Waals surface area contributed by atoms with Crippen LogP contribution in [0.2, 0.25) is 0 Å². The van der Waals surface area contributed by atoms with Gasteiger partial charge in [-0.05, 0) is 27.7 Å². The zero-order chi connectivity index (χ0) is 25.4. The van der Waals surface area contributed by atoms with Crippen LogP contribution < -0.4 is 5.32 Å². The number of carboxylic acid groups (broad SMARTS) is 1. The number of carboxylic acids is 1. The monoisotopic (exact) mass is 480 g/mol. The van der Waals surface area contributed by atoms with Crippen LogP contribution in [0, 0.1) is 5.41 Å². The van der Waals surface area contributed by atoms with Crippen molar-refractivity contribution >= 4 is 18.0 Å². The van der Waals surface area contributed by atoms with Crippen molar-refractivity contribution < 1.29 is 29.0 Å². The number of carbonyl (C=O) groups excluding carboxylic acids is 2. The largest absolute Gasteiger partial charge is 0.479 e. The van der Waals surface area contributed by atoms with Crippen molar-refractivity contribution in [3.63, 3.8) is 0 Å². The summed E-state index contributed by atoms with van der Waals surface area (Å²) in [7, 11) is 1.45. The molecule has 0 spiro atoms. The lowest BCUT2D eigenvalue weighted by atomic mass is 9.84. The molecule has 8 heteroatoms. The van der Waals surface area contributed by atoms with Gasteiger partial charge >= 0.3 is 12.1 Å². The smallest absolute Gasteiger partial charge is 0.407 e. The molecule has 2 aromatic carbocycles. The van der Waals surface area contributed by atoms with Crippen LogP contribution in [0.25, 0.3) is 11.1 Å². The minimum absolute atomic E-state index is 0.0909. The molecule has 2 aliphatic rings. The summed E-state index contributed by atoms with van der Waals surface area (Å²) in [6.45, 7) is 5.72. The quantitative estimate of drug-likeness (QED) is 0.654. The van der Waals surface area contributed by atoms with Crippen molar-refractivity contribution in [1.29, 1.82) is 0 Å². The first-order valence-electron chi connectivity index (χ1n) is 11.8. The molecule has 4 rings (SSSR count). The predicted octanol–water partition coefficient (Wildman–Crippen LogP) is 3.64. The van der Waals surface area contributed by atoms with Crippen LogP contribution in [0.4, 0.5) is 4.79 Å². The van der Waals surface area contributed by atoms with Crippen LogP contribution in [-0.4, -0.2) is 66.4 Å². The highest BCUT2D eigenvalue weighted by molar-refractivity contribution is 5.92. The molecule has 2 atom stereocenters. The average molecular weight is 481 g/mol. The van der Waals surface area contributed by atoms with E-state index in [4.69, 9.17) is 9.47 Å². The number of carbonyl (C=O) groups is 3. The maximum absolute atomic E-state index is 13.4. The molecule has 0 bridgehead atoms. The molecule has 186 valence electrons. The lowest BCUT2D eigenvalue weighted by molar-refractivity contribution is -0.159. The van der Waals surface area contributed by atoms with Crippen LogP contribution in [0.3, 0.4) is 0 Å². The number of alkyl carbamates (subject to hydrolysis) is 1. The van der Waals surface area contributed by atoms with Crippen LogP contribution in [0.5, 0.6) is 0 Å². The number of rotatable bonds is 6. The summed E-state index contributed by atoms with van der Waals surface area (Å²) < 4.78 is 10.9. The van der Waals surface area contributed by atoms with Gasteiger partial charge in [0.15, 0.2) is 5.54 Å². The maximum atomic E-state index is 13.4. The Labute approximate surface area is 205 Å². The van der Waals surface area contributed by atoms with E-state index in [2.05, 4.69) is 17.4 Å². The third-order valence-corrected chi connectivity index (χ3v) is 7.09. The molecule has 1 fully saturated rings. The first kappa shape index (κ1) is 24.7. The number of amides is 2. The van der Waals surface area contributed by atoms with E-state index in [-0.39, 0.29) is 32.2 Å². The summed E-state index contributed by atoms with van der Waals surface area (Å²) in [5.41, 5.74) is 2.29. The van der Waals surface area contributed by atoms with Crippen molar-refractivity contribution in [2.45, 2.75) is 44.7 Å². The van der Waals surface area contributed by atoms with Crippen molar-refractivity contribution in [2.24, 2.45) is 5.41 Å². The molecule has 0 radical (unpaired) electrons. The van der Waals surface area contributed by atoms with E-state index in [1.807, 2.05) is 57.2 Å². The minimum atomic E-state index is -1.45. The van der Waals surface area contributed by atoms with Gasteiger partial charge in [0.2, 0.25) is 5.91 Å². The zero-order valence-corrected chi connectivity index (χ0v) is 20.5. The van der Waals surface area contributed by atoms with Crippen LogP contribution >= 0.6 is 0 Å². The third kappa shape index (κ3) is 4.50. The third-order valence-electron chi connectivity index (χ3n) is 7.09. The number of ether oxygens (including phenoxy) is 2. The fourth-order valence-corrected chi connectivity index (χ4v) is 4.94. The molecule has 0 aromatic heterocycles. The van der Waals surface area contributed by atoms with E-state index in [0.29, 0.717) is 0 Å². The van der Waals surface area contributed by atoms with Crippen molar-refractivity contribution in [3.05, 3.63) is 59.7 Å². The van der Waals surface area contributed by atoms with E-state index < -0.39 is 35.0 Å². The molecule has 2 N–H and O–H groups in total. The van der Waals surface area contributed by atoms with E-state index in [0.717, 1.165) is 22.3 Å². The lowest BCUT2D eigenvalue weighted by Gasteiger charge is -2.39. The van der Waals surface area contributed by atoms with Crippen molar-refractivity contribution in [2.75, 3.05) is 26.9 Å². The first-order valence-corrected chi connectivity index (χ1v) is 11.8. The first-order chi connectivity index (χ1) is 16.6. The molecule has 1 heterocycles. The molecule has 35 heavy (non-hydrogen) atoms. The summed E-state index contributed by atoms with van der Waals surface area (Å²) in [4.78, 5) is 39.6. The summed E-state index contributed by atoms with van der Waals surface area (Å²) in [6, 6.07) is 15.1. The Morgan fingerprint density at radius 1 is 1.11 bits per heavy atom. The van der Waals surface area contributed by atoms with Crippen LogP contribution in [-0.2, 0) is 19.1 Å². The van der Waals surface area contributed by atoms with Gasteiger partial charge in [0, 0.05) is 26.0 Å². The van der Waals surface area contributed by atoms with Crippen molar-refractivity contribution in [3.8, 4) is 11.1 Å². The lowest BCUT2D eigenvalue weighted by Crippen LogP contribution is -2.62. The zero-order valence-electron chi connectivity index (χ0n) is 20.5. The van der Waals surface area contributed by atoms with Gasteiger partial charge in [-0.15, -0.1) is 0 Å². The average Bonchev–Trinajstić information content (AvgIpc) is 3.44. The molecular weight excluding hydrogens is 448 g/mol. The van der Waals surface area contributed by atoms with Gasteiger partial charge in [-0.1, -0.05) is 69.3 Å². The number of aliphatic carboxylic acids is 1. The standard InChI is InChI=1S/C27H32N2O6/c1-26(2,3)22(23(30)29(4)27(24(31)32)13-14-34-16-27)28-25(33)35-15-21-19-11-7-5-9-17(19)18-10-6-8-12-20(18)21/h5-12,21-22H,13-16H2,1-4H3,(H,28,33)(H,31,32)/t22-,27?/m1/s1. The summed E-state index contributed by atoms with van der Waals surface area (Å²) in [6.07, 6.45) is -0.535. The highest BCUT2D eigenvalue weighted by Gasteiger charge is 2.51. The van der Waals surface area contributed by atoms with Crippen LogP contribution in [0.15, 0.2) is 48.5 Å². The Bertz CT molecular complexity index is 1090. The topological polar surface area (TPSA) is 105 Å². The Morgan fingerprint density at radius 2 is 1.69 bits per heavy atom. The summed E-state index contributed by atoms with van der Waals surface area (Å²) in [5, 5.41) is 12.5. The summed E-state index contributed by atoms with van der Waals surface area (Å²) >= 11 is 0. The highest BCUT2D eigenvalue weighted by atomic mass is 16.5. The Hall–Kier alpha value is -3.39. The number of hydrogen-bond donors (Lipinski definition) is 2. The fourth-order valence-electron chi connectivity index (χ4n) is 4.94. The number of likely N-dealkylation sites (N-methyl/N-ethyl adjacent to an activating group) is 1. The molecule has 1 aliphatic carbocycles. The Kier molecular flexibility index (Phi) is 6.60. The predicted molar refractivity (Wildman–Crippen MR) is 130 cm³/mol. The van der Waals surface area contributed by atoms with Crippen LogP contribution in [0.1, 0.15) is 44.2 Å². The normalized spacial score (nSPS) is 20.0. The van der Waals surface area contributed by atoms with Crippen molar-refractivity contribution in [1.82, 2.24) is 10.2 Å². The number of benzene rings is 2. The van der Waals surface area contributed by atoms with E-state index in [1.165, 1.54) is 11.9 Å². The molecule has 2 amide bonds. The van der Waals surface area contributed by atoms with Gasteiger partial charge in [0.25, 0.3) is 0 Å². The highest BCUT2D eigenvalue weighted by Crippen LogP contribution is 2.44. The van der Waals surface area contributed by atoms with E-state index in [1.54, 1.807) is 0 Å². The molecule has 1 aliphatic heterocycles. The maximum Gasteiger partial charge on any atom is 0.407 e.